The summed E-state index contributed by atoms with van der Waals surface area (Å²) in [6.07, 6.45) is 1.60. The van der Waals surface area contributed by atoms with Crippen LogP contribution in [0.5, 0.6) is 5.75 Å². The molecular formula is C17H14N2O2. The van der Waals surface area contributed by atoms with Crippen molar-refractivity contribution in [1.29, 1.82) is 0 Å². The molecule has 4 heteroatoms. The predicted octanol–water partition coefficient (Wildman–Crippen LogP) is 3.15. The lowest BCUT2D eigenvalue weighted by atomic mass is 10.00. The van der Waals surface area contributed by atoms with Gasteiger partial charge in [0, 0.05) is 0 Å². The maximum absolute atomic E-state index is 12.6. The van der Waals surface area contributed by atoms with E-state index in [1.165, 1.54) is 0 Å². The number of hydrogen-bond acceptors (Lipinski definition) is 2. The van der Waals surface area contributed by atoms with Crippen molar-refractivity contribution in [3.63, 3.8) is 0 Å². The van der Waals surface area contributed by atoms with Gasteiger partial charge in [-0.15, -0.1) is 0 Å². The molecule has 0 atom stereocenters. The van der Waals surface area contributed by atoms with Crippen LogP contribution in [0.1, 0.15) is 15.9 Å². The third kappa shape index (κ3) is 3.32. The molecule has 0 bridgehead atoms. The average Bonchev–Trinajstić information content (AvgIpc) is 2.55. The summed E-state index contributed by atoms with van der Waals surface area (Å²) in [5, 5.41) is 0. The summed E-state index contributed by atoms with van der Waals surface area (Å²) in [7, 11) is 0. The van der Waals surface area contributed by atoms with Crippen LogP contribution < -0.4 is 4.74 Å². The molecule has 0 aliphatic rings. The molecule has 0 heterocycles. The highest BCUT2D eigenvalue weighted by molar-refractivity contribution is 6.49. The molecule has 0 saturated heterocycles. The van der Waals surface area contributed by atoms with Gasteiger partial charge in [-0.25, -0.2) is 0 Å². The minimum atomic E-state index is -0.400. The molecule has 2 aromatic carbocycles. The fourth-order valence-electron chi connectivity index (χ4n) is 1.89. The first kappa shape index (κ1) is 14.4. The first-order valence-electron chi connectivity index (χ1n) is 6.43. The highest BCUT2D eigenvalue weighted by Gasteiger charge is 2.26. The topological polar surface area (TPSA) is 62.7 Å². The summed E-state index contributed by atoms with van der Waals surface area (Å²) in [6.45, 7) is 3.87. The fraction of sp³-hybridized carbons (Fsp3) is 0.0588. The van der Waals surface area contributed by atoms with E-state index in [1.54, 1.807) is 54.6 Å². The van der Waals surface area contributed by atoms with Crippen LogP contribution in [0.25, 0.3) is 5.53 Å². The van der Waals surface area contributed by atoms with Crippen LogP contribution in [0.15, 0.2) is 67.3 Å². The van der Waals surface area contributed by atoms with Crippen LogP contribution in [0.4, 0.5) is 0 Å². The molecule has 0 unspecified atom stereocenters. The number of carbonyl (C=O) groups excluding carboxylic acids is 1. The van der Waals surface area contributed by atoms with Crippen molar-refractivity contribution in [2.75, 3.05) is 6.61 Å². The zero-order chi connectivity index (χ0) is 15.1. The Morgan fingerprint density at radius 2 is 1.81 bits per heavy atom. The maximum atomic E-state index is 12.6. The Kier molecular flexibility index (Phi) is 4.80. The number of carbonyl (C=O) groups is 1. The number of ketones is 1. The first-order valence-corrected chi connectivity index (χ1v) is 6.43. The average molecular weight is 278 g/mol. The Morgan fingerprint density at radius 3 is 2.48 bits per heavy atom. The lowest BCUT2D eigenvalue weighted by molar-refractivity contribution is -0.00501. The van der Waals surface area contributed by atoms with Gasteiger partial charge in [-0.3, -0.25) is 4.79 Å². The van der Waals surface area contributed by atoms with Crippen LogP contribution in [0.3, 0.4) is 0 Å². The van der Waals surface area contributed by atoms with E-state index < -0.39 is 5.78 Å². The summed E-state index contributed by atoms with van der Waals surface area (Å²) in [5.74, 6) is 0.0304. The van der Waals surface area contributed by atoms with Crippen molar-refractivity contribution in [3.8, 4) is 5.75 Å². The fourth-order valence-corrected chi connectivity index (χ4v) is 1.89. The smallest absolute Gasteiger partial charge is 0.370 e. The Morgan fingerprint density at radius 1 is 1.14 bits per heavy atom. The maximum Gasteiger partial charge on any atom is 0.370 e. The van der Waals surface area contributed by atoms with Gasteiger partial charge in [-0.2, -0.15) is 4.79 Å². The van der Waals surface area contributed by atoms with Crippen LogP contribution in [0.2, 0.25) is 0 Å². The Balaban J connectivity index is 2.40. The van der Waals surface area contributed by atoms with Gasteiger partial charge in [-0.05, 0) is 24.3 Å². The molecule has 0 N–H and O–H groups in total. The number of rotatable bonds is 6. The van der Waals surface area contributed by atoms with Gasteiger partial charge in [0.2, 0.25) is 0 Å². The standard InChI is InChI=1S/C17H14N2O2/c1-2-12-21-15-11-7-6-10-14(15)17(20)16(19-18)13-8-4-3-5-9-13/h2-11H,1,12H2. The number of para-hydroxylation sites is 1. The molecule has 4 nitrogen and oxygen atoms in total. The summed E-state index contributed by atoms with van der Waals surface area (Å²) in [5.41, 5.74) is 10.1. The van der Waals surface area contributed by atoms with Crippen molar-refractivity contribution in [2.45, 2.75) is 0 Å². The van der Waals surface area contributed by atoms with Gasteiger partial charge in [0.05, 0.1) is 11.1 Å². The third-order valence-corrected chi connectivity index (χ3v) is 2.85. The van der Waals surface area contributed by atoms with Crippen LogP contribution in [-0.2, 0) is 0 Å². The van der Waals surface area contributed by atoms with E-state index in [-0.39, 0.29) is 5.71 Å². The van der Waals surface area contributed by atoms with Crippen molar-refractivity contribution >= 4 is 11.5 Å². The molecule has 2 aromatic rings. The Bertz CT molecular complexity index is 702. The summed E-state index contributed by atoms with van der Waals surface area (Å²) in [4.78, 5) is 15.7. The highest BCUT2D eigenvalue weighted by atomic mass is 16.5. The van der Waals surface area contributed by atoms with E-state index in [0.29, 0.717) is 23.5 Å². The van der Waals surface area contributed by atoms with Gasteiger partial charge in [-0.1, -0.05) is 43.0 Å². The number of hydrogen-bond donors (Lipinski definition) is 0. The molecule has 0 aliphatic heterocycles. The van der Waals surface area contributed by atoms with Gasteiger partial charge in [0.25, 0.3) is 5.78 Å². The number of ether oxygens (including phenoxy) is 1. The predicted molar refractivity (Wildman–Crippen MR) is 80.6 cm³/mol. The molecule has 0 aromatic heterocycles. The third-order valence-electron chi connectivity index (χ3n) is 2.85. The van der Waals surface area contributed by atoms with Gasteiger partial charge in [0.1, 0.15) is 12.4 Å². The lowest BCUT2D eigenvalue weighted by Crippen LogP contribution is -2.18. The Hall–Kier alpha value is -2.97. The molecule has 0 spiro atoms. The molecule has 0 radical (unpaired) electrons. The largest absolute Gasteiger partial charge is 0.489 e. The summed E-state index contributed by atoms with van der Waals surface area (Å²) in [6, 6.07) is 15.6. The number of nitrogens with zero attached hydrogens (tertiary/aromatic N) is 2. The SMILES string of the molecule is C=CCOc1ccccc1C(=O)C(=[N+]=[N-])c1ccccc1. The van der Waals surface area contributed by atoms with Crippen molar-refractivity contribution in [3.05, 3.63) is 83.9 Å². The molecule has 2 rings (SSSR count). The molecule has 104 valence electrons. The normalized spacial score (nSPS) is 9.52. The zero-order valence-corrected chi connectivity index (χ0v) is 11.4. The van der Waals surface area contributed by atoms with Gasteiger partial charge in [0.15, 0.2) is 0 Å². The van der Waals surface area contributed by atoms with E-state index in [1.807, 2.05) is 6.07 Å². The lowest BCUT2D eigenvalue weighted by Gasteiger charge is -2.07. The molecule has 0 aliphatic carbocycles. The molecule has 0 amide bonds. The minimum absolute atomic E-state index is 0.0229. The number of benzene rings is 2. The van der Waals surface area contributed by atoms with Crippen LogP contribution >= 0.6 is 0 Å². The Labute approximate surface area is 122 Å². The van der Waals surface area contributed by atoms with E-state index >= 15 is 0 Å². The van der Waals surface area contributed by atoms with Gasteiger partial charge >= 0.3 is 5.71 Å². The number of Topliss-reactive ketones (excluding diaryl/α,β-unsaturated/α-hetero) is 1. The van der Waals surface area contributed by atoms with E-state index in [2.05, 4.69) is 11.4 Å². The second-order valence-corrected chi connectivity index (χ2v) is 4.24. The molecule has 0 saturated carbocycles. The molecular weight excluding hydrogens is 264 g/mol. The quantitative estimate of drug-likeness (QED) is 0.268. The first-order chi connectivity index (χ1) is 10.3. The van der Waals surface area contributed by atoms with Crippen LogP contribution in [0, 0.1) is 0 Å². The second kappa shape index (κ2) is 6.98. The zero-order valence-electron chi connectivity index (χ0n) is 11.4. The highest BCUT2D eigenvalue weighted by Crippen LogP contribution is 2.20. The van der Waals surface area contributed by atoms with Gasteiger partial charge < -0.3 is 10.3 Å². The molecule has 0 fully saturated rings. The summed E-state index contributed by atoms with van der Waals surface area (Å²) < 4.78 is 5.46. The second-order valence-electron chi connectivity index (χ2n) is 4.24. The van der Waals surface area contributed by atoms with E-state index in [9.17, 15) is 10.3 Å². The molecule has 21 heavy (non-hydrogen) atoms. The summed E-state index contributed by atoms with van der Waals surface area (Å²) >= 11 is 0. The van der Waals surface area contributed by atoms with Crippen molar-refractivity contribution < 1.29 is 14.3 Å². The minimum Gasteiger partial charge on any atom is -0.489 e. The van der Waals surface area contributed by atoms with Crippen LogP contribution in [-0.4, -0.2) is 22.9 Å². The monoisotopic (exact) mass is 278 g/mol. The van der Waals surface area contributed by atoms with Crippen molar-refractivity contribution in [2.24, 2.45) is 0 Å². The van der Waals surface area contributed by atoms with E-state index in [0.717, 1.165) is 0 Å². The van der Waals surface area contributed by atoms with E-state index in [4.69, 9.17) is 4.74 Å². The van der Waals surface area contributed by atoms with Crippen molar-refractivity contribution in [1.82, 2.24) is 0 Å².